The van der Waals surface area contributed by atoms with Crippen molar-refractivity contribution in [3.8, 4) is 11.5 Å². The molecule has 0 saturated heterocycles. The van der Waals surface area contributed by atoms with E-state index in [4.69, 9.17) is 25.5 Å². The lowest BCUT2D eigenvalue weighted by atomic mass is 10.2. The molecule has 2 aromatic rings. The zero-order valence-corrected chi connectivity index (χ0v) is 10.4. The van der Waals surface area contributed by atoms with Gasteiger partial charge in [0.1, 0.15) is 5.76 Å². The van der Waals surface area contributed by atoms with Crippen molar-refractivity contribution in [1.82, 2.24) is 5.32 Å². The van der Waals surface area contributed by atoms with Crippen LogP contribution in [0.15, 0.2) is 34.9 Å². The van der Waals surface area contributed by atoms with E-state index in [2.05, 4.69) is 5.32 Å². The SMILES string of the molecule is Clc1cc(CNCc2ccco2)cc2c1OCO2. The Hall–Kier alpha value is -1.65. The maximum Gasteiger partial charge on any atom is 0.231 e. The molecule has 0 atom stereocenters. The summed E-state index contributed by atoms with van der Waals surface area (Å²) in [6.45, 7) is 1.61. The van der Waals surface area contributed by atoms with E-state index in [0.29, 0.717) is 29.6 Å². The van der Waals surface area contributed by atoms with Crippen LogP contribution in [0, 0.1) is 0 Å². The molecule has 0 amide bonds. The second-order valence-electron chi connectivity index (χ2n) is 3.99. The van der Waals surface area contributed by atoms with Crippen molar-refractivity contribution in [1.29, 1.82) is 0 Å². The Morgan fingerprint density at radius 3 is 3.00 bits per heavy atom. The lowest BCUT2D eigenvalue weighted by Crippen LogP contribution is -2.12. The highest BCUT2D eigenvalue weighted by molar-refractivity contribution is 6.32. The number of benzene rings is 1. The van der Waals surface area contributed by atoms with Crippen LogP contribution in [-0.2, 0) is 13.1 Å². The molecule has 0 radical (unpaired) electrons. The minimum atomic E-state index is 0.234. The maximum atomic E-state index is 6.10. The summed E-state index contributed by atoms with van der Waals surface area (Å²) in [5, 5.41) is 3.86. The number of nitrogens with one attached hydrogen (secondary N) is 1. The first-order valence-corrected chi connectivity index (χ1v) is 6.02. The molecule has 0 aliphatic carbocycles. The molecule has 2 heterocycles. The van der Waals surface area contributed by atoms with Crippen molar-refractivity contribution in [2.75, 3.05) is 6.79 Å². The van der Waals surface area contributed by atoms with Crippen molar-refractivity contribution < 1.29 is 13.9 Å². The van der Waals surface area contributed by atoms with Crippen LogP contribution in [0.1, 0.15) is 11.3 Å². The van der Waals surface area contributed by atoms with Crippen LogP contribution in [0.3, 0.4) is 0 Å². The van der Waals surface area contributed by atoms with Gasteiger partial charge in [-0.2, -0.15) is 0 Å². The van der Waals surface area contributed by atoms with Gasteiger partial charge in [-0.1, -0.05) is 11.6 Å². The Morgan fingerprint density at radius 2 is 2.17 bits per heavy atom. The Morgan fingerprint density at radius 1 is 1.22 bits per heavy atom. The molecule has 94 valence electrons. The van der Waals surface area contributed by atoms with Crippen molar-refractivity contribution in [3.05, 3.63) is 46.9 Å². The molecule has 3 rings (SSSR count). The molecular formula is C13H12ClNO3. The fraction of sp³-hybridized carbons (Fsp3) is 0.231. The highest BCUT2D eigenvalue weighted by Gasteiger charge is 2.17. The number of hydrogen-bond donors (Lipinski definition) is 1. The first kappa shape index (κ1) is 11.4. The van der Waals surface area contributed by atoms with Crippen LogP contribution in [0.25, 0.3) is 0 Å². The summed E-state index contributed by atoms with van der Waals surface area (Å²) < 4.78 is 15.8. The van der Waals surface area contributed by atoms with E-state index in [1.54, 1.807) is 6.26 Å². The summed E-state index contributed by atoms with van der Waals surface area (Å²) in [6.07, 6.45) is 1.66. The summed E-state index contributed by atoms with van der Waals surface area (Å²) in [7, 11) is 0. The molecule has 4 nitrogen and oxygen atoms in total. The van der Waals surface area contributed by atoms with E-state index in [1.807, 2.05) is 24.3 Å². The topological polar surface area (TPSA) is 43.6 Å². The van der Waals surface area contributed by atoms with E-state index < -0.39 is 0 Å². The van der Waals surface area contributed by atoms with E-state index in [0.717, 1.165) is 11.3 Å². The molecule has 5 heteroatoms. The van der Waals surface area contributed by atoms with Gasteiger partial charge in [-0.05, 0) is 29.8 Å². The van der Waals surface area contributed by atoms with Crippen LogP contribution >= 0.6 is 11.6 Å². The van der Waals surface area contributed by atoms with Crippen LogP contribution in [-0.4, -0.2) is 6.79 Å². The third kappa shape index (κ3) is 2.30. The molecule has 1 aliphatic rings. The number of fused-ring (bicyclic) bond motifs is 1. The first-order valence-electron chi connectivity index (χ1n) is 5.64. The van der Waals surface area contributed by atoms with E-state index in [-0.39, 0.29) is 6.79 Å². The molecule has 1 aliphatic heterocycles. The molecule has 1 aromatic carbocycles. The fourth-order valence-corrected chi connectivity index (χ4v) is 2.15. The van der Waals surface area contributed by atoms with Crippen LogP contribution < -0.4 is 14.8 Å². The van der Waals surface area contributed by atoms with Gasteiger partial charge in [0.15, 0.2) is 11.5 Å². The summed E-state index contributed by atoms with van der Waals surface area (Å²) in [5.74, 6) is 2.24. The lowest BCUT2D eigenvalue weighted by Gasteiger charge is -2.06. The molecule has 0 bridgehead atoms. The van der Waals surface area contributed by atoms with Gasteiger partial charge < -0.3 is 19.2 Å². The number of ether oxygens (including phenoxy) is 2. The van der Waals surface area contributed by atoms with E-state index >= 15 is 0 Å². The normalized spacial score (nSPS) is 12.9. The van der Waals surface area contributed by atoms with E-state index in [1.165, 1.54) is 0 Å². The smallest absolute Gasteiger partial charge is 0.231 e. The van der Waals surface area contributed by atoms with Crippen LogP contribution in [0.4, 0.5) is 0 Å². The molecule has 0 saturated carbocycles. The summed E-state index contributed by atoms with van der Waals surface area (Å²) in [4.78, 5) is 0. The second-order valence-corrected chi connectivity index (χ2v) is 4.40. The largest absolute Gasteiger partial charge is 0.468 e. The predicted octanol–water partition coefficient (Wildman–Crippen LogP) is 2.95. The molecule has 0 unspecified atom stereocenters. The Labute approximate surface area is 109 Å². The lowest BCUT2D eigenvalue weighted by molar-refractivity contribution is 0.174. The Bertz CT molecular complexity index is 539. The number of hydrogen-bond acceptors (Lipinski definition) is 4. The number of rotatable bonds is 4. The molecule has 1 aromatic heterocycles. The summed E-state index contributed by atoms with van der Waals surface area (Å²) >= 11 is 6.10. The van der Waals surface area contributed by atoms with Gasteiger partial charge in [-0.15, -0.1) is 0 Å². The van der Waals surface area contributed by atoms with Crippen molar-refractivity contribution >= 4 is 11.6 Å². The highest BCUT2D eigenvalue weighted by atomic mass is 35.5. The highest BCUT2D eigenvalue weighted by Crippen LogP contribution is 2.39. The fourth-order valence-electron chi connectivity index (χ4n) is 1.87. The third-order valence-electron chi connectivity index (χ3n) is 2.70. The van der Waals surface area contributed by atoms with Gasteiger partial charge in [-0.3, -0.25) is 0 Å². The van der Waals surface area contributed by atoms with Crippen molar-refractivity contribution in [2.24, 2.45) is 0 Å². The number of halogens is 1. The zero-order chi connectivity index (χ0) is 12.4. The quantitative estimate of drug-likeness (QED) is 0.923. The zero-order valence-electron chi connectivity index (χ0n) is 9.61. The number of furan rings is 1. The third-order valence-corrected chi connectivity index (χ3v) is 2.98. The van der Waals surface area contributed by atoms with Gasteiger partial charge in [0, 0.05) is 6.54 Å². The first-order chi connectivity index (χ1) is 8.83. The van der Waals surface area contributed by atoms with E-state index in [9.17, 15) is 0 Å². The molecule has 1 N–H and O–H groups in total. The monoisotopic (exact) mass is 265 g/mol. The minimum Gasteiger partial charge on any atom is -0.468 e. The van der Waals surface area contributed by atoms with Crippen LogP contribution in [0.5, 0.6) is 11.5 Å². The average Bonchev–Trinajstić information content (AvgIpc) is 2.99. The van der Waals surface area contributed by atoms with Gasteiger partial charge >= 0.3 is 0 Å². The van der Waals surface area contributed by atoms with Gasteiger partial charge in [0.05, 0.1) is 17.8 Å². The van der Waals surface area contributed by atoms with Gasteiger partial charge in [0.2, 0.25) is 6.79 Å². The summed E-state index contributed by atoms with van der Waals surface area (Å²) in [6, 6.07) is 7.61. The predicted molar refractivity (Wildman–Crippen MR) is 66.8 cm³/mol. The average molecular weight is 266 g/mol. The molecular weight excluding hydrogens is 254 g/mol. The second kappa shape index (κ2) is 4.92. The van der Waals surface area contributed by atoms with Crippen molar-refractivity contribution in [3.63, 3.8) is 0 Å². The van der Waals surface area contributed by atoms with Crippen LogP contribution in [0.2, 0.25) is 5.02 Å². The maximum absolute atomic E-state index is 6.10. The summed E-state index contributed by atoms with van der Waals surface area (Å²) in [5.41, 5.74) is 1.05. The Balaban J connectivity index is 1.65. The minimum absolute atomic E-state index is 0.234. The van der Waals surface area contributed by atoms with Gasteiger partial charge in [0.25, 0.3) is 0 Å². The van der Waals surface area contributed by atoms with Gasteiger partial charge in [-0.25, -0.2) is 0 Å². The Kier molecular flexibility index (Phi) is 3.13. The molecule has 0 spiro atoms. The van der Waals surface area contributed by atoms with Crippen molar-refractivity contribution in [2.45, 2.75) is 13.1 Å². The molecule has 0 fully saturated rings. The standard InChI is InChI=1S/C13H12ClNO3/c14-11-4-9(5-12-13(11)18-8-17-12)6-15-7-10-2-1-3-16-10/h1-5,15H,6-8H2. The molecule has 18 heavy (non-hydrogen) atoms.